The van der Waals surface area contributed by atoms with E-state index in [2.05, 4.69) is 22.5 Å². The summed E-state index contributed by atoms with van der Waals surface area (Å²) < 4.78 is 57.1. The van der Waals surface area contributed by atoms with Gasteiger partial charge in [0.1, 0.15) is 25.3 Å². The summed E-state index contributed by atoms with van der Waals surface area (Å²) >= 11 is 0. The monoisotopic (exact) mass is 920 g/mol. The van der Waals surface area contributed by atoms with E-state index >= 15 is 4.39 Å². The number of hydrogen-bond acceptors (Lipinski definition) is 11. The highest BCUT2D eigenvalue weighted by Crippen LogP contribution is 2.39. The van der Waals surface area contributed by atoms with Gasteiger partial charge in [-0.25, -0.2) is 9.18 Å². The molecule has 0 unspecified atom stereocenters. The first kappa shape index (κ1) is 53.9. The Morgan fingerprint density at radius 1 is 0.754 bits per heavy atom. The molecular weight excluding hydrogens is 855 g/mol. The van der Waals surface area contributed by atoms with Crippen molar-refractivity contribution in [2.75, 3.05) is 72.6 Å². The molecule has 18 nitrogen and oxygen atoms in total. The predicted octanol–water partition coefficient (Wildman–Crippen LogP) is 3.63. The molecule has 0 radical (unpaired) electrons. The SMILES string of the molecule is CCCCCC1CCC(c2ccc(-c3ccc(OCCOCCOCCOCCOCC(=O)N[C@@H](CCCN=C(N)N)C(=O)NCC(=O)N[C@@H](CC(=O)O)C(=O)O)c(F)c3F)cc2)CC1. The van der Waals surface area contributed by atoms with Crippen LogP contribution in [0.2, 0.25) is 0 Å². The van der Waals surface area contributed by atoms with Crippen LogP contribution in [0.3, 0.4) is 0 Å². The molecule has 0 aromatic heterocycles. The van der Waals surface area contributed by atoms with Crippen LogP contribution in [0.4, 0.5) is 8.78 Å². The summed E-state index contributed by atoms with van der Waals surface area (Å²) in [6.07, 6.45) is 9.50. The number of amides is 3. The summed E-state index contributed by atoms with van der Waals surface area (Å²) in [7, 11) is 0. The highest BCUT2D eigenvalue weighted by Gasteiger charge is 2.26. The Morgan fingerprint density at radius 2 is 1.37 bits per heavy atom. The number of nitrogens with two attached hydrogens (primary N) is 2. The zero-order chi connectivity index (χ0) is 47.4. The Hall–Kier alpha value is -5.44. The molecule has 1 aliphatic carbocycles. The minimum absolute atomic E-state index is 0.00645. The van der Waals surface area contributed by atoms with E-state index in [4.69, 9.17) is 45.4 Å². The molecule has 3 rings (SSSR count). The van der Waals surface area contributed by atoms with Crippen LogP contribution in [0, 0.1) is 17.6 Å². The van der Waals surface area contributed by atoms with E-state index in [1.807, 2.05) is 29.6 Å². The Morgan fingerprint density at radius 3 is 1.97 bits per heavy atom. The van der Waals surface area contributed by atoms with Gasteiger partial charge < -0.3 is 61.3 Å². The molecule has 2 atom stereocenters. The van der Waals surface area contributed by atoms with Crippen molar-refractivity contribution in [3.05, 3.63) is 53.6 Å². The van der Waals surface area contributed by atoms with E-state index in [0.717, 1.165) is 5.92 Å². The van der Waals surface area contributed by atoms with Crippen molar-refractivity contribution in [2.24, 2.45) is 22.4 Å². The Balaban J connectivity index is 1.24. The zero-order valence-electron chi connectivity index (χ0n) is 37.2. The molecule has 1 saturated carbocycles. The van der Waals surface area contributed by atoms with Crippen LogP contribution in [0.25, 0.3) is 11.1 Å². The third-order valence-corrected chi connectivity index (χ3v) is 10.7. The maximum absolute atomic E-state index is 15.1. The summed E-state index contributed by atoms with van der Waals surface area (Å²) in [5, 5.41) is 24.7. The fourth-order valence-electron chi connectivity index (χ4n) is 7.22. The summed E-state index contributed by atoms with van der Waals surface area (Å²) in [5.74, 6) is -6.41. The highest BCUT2D eigenvalue weighted by molar-refractivity contribution is 5.92. The number of hydrogen-bond donors (Lipinski definition) is 7. The second-order valence-electron chi connectivity index (χ2n) is 15.7. The van der Waals surface area contributed by atoms with Gasteiger partial charge in [-0.05, 0) is 73.6 Å². The van der Waals surface area contributed by atoms with Crippen molar-refractivity contribution < 1.29 is 66.7 Å². The van der Waals surface area contributed by atoms with E-state index in [-0.39, 0.29) is 89.5 Å². The maximum atomic E-state index is 15.1. The van der Waals surface area contributed by atoms with E-state index in [1.54, 1.807) is 0 Å². The summed E-state index contributed by atoms with van der Waals surface area (Å²) in [6.45, 7) is 2.52. The lowest BCUT2D eigenvalue weighted by Crippen LogP contribution is -2.51. The molecule has 0 aliphatic heterocycles. The van der Waals surface area contributed by atoms with Crippen LogP contribution >= 0.6 is 0 Å². The van der Waals surface area contributed by atoms with Gasteiger partial charge in [0, 0.05) is 12.1 Å². The van der Waals surface area contributed by atoms with Crippen LogP contribution < -0.4 is 32.2 Å². The second-order valence-corrected chi connectivity index (χ2v) is 15.7. The number of carboxylic acid groups (broad SMARTS) is 2. The molecule has 1 fully saturated rings. The summed E-state index contributed by atoms with van der Waals surface area (Å²) in [5.41, 5.74) is 12.7. The lowest BCUT2D eigenvalue weighted by molar-refractivity contribution is -0.147. The third kappa shape index (κ3) is 21.4. The number of benzene rings is 2. The van der Waals surface area contributed by atoms with Crippen LogP contribution in [0.5, 0.6) is 5.75 Å². The van der Waals surface area contributed by atoms with E-state index in [1.165, 1.54) is 69.1 Å². The number of aliphatic carboxylic acids is 2. The Labute approximate surface area is 378 Å². The number of unbranched alkanes of at least 4 members (excludes halogenated alkanes) is 2. The average Bonchev–Trinajstić information content (AvgIpc) is 3.28. The van der Waals surface area contributed by atoms with Gasteiger partial charge in [-0.3, -0.25) is 24.2 Å². The lowest BCUT2D eigenvalue weighted by Gasteiger charge is -2.29. The van der Waals surface area contributed by atoms with Gasteiger partial charge in [0.25, 0.3) is 0 Å². The number of nitrogens with one attached hydrogen (secondary N) is 3. The first-order valence-corrected chi connectivity index (χ1v) is 22.2. The van der Waals surface area contributed by atoms with Crippen molar-refractivity contribution in [3.8, 4) is 16.9 Å². The average molecular weight is 921 g/mol. The van der Waals surface area contributed by atoms with Crippen LogP contribution in [0.1, 0.15) is 89.0 Å². The van der Waals surface area contributed by atoms with Gasteiger partial charge in [-0.2, -0.15) is 4.39 Å². The first-order valence-electron chi connectivity index (χ1n) is 22.2. The van der Waals surface area contributed by atoms with E-state index in [9.17, 15) is 28.4 Å². The molecule has 65 heavy (non-hydrogen) atoms. The third-order valence-electron chi connectivity index (χ3n) is 10.7. The maximum Gasteiger partial charge on any atom is 0.326 e. The smallest absolute Gasteiger partial charge is 0.326 e. The molecular formula is C45H66F2N6O12. The molecule has 0 saturated heterocycles. The number of carboxylic acids is 2. The van der Waals surface area contributed by atoms with Crippen molar-refractivity contribution in [1.29, 1.82) is 0 Å². The van der Waals surface area contributed by atoms with Crippen molar-refractivity contribution in [2.45, 2.75) is 95.6 Å². The van der Waals surface area contributed by atoms with E-state index in [0.29, 0.717) is 11.5 Å². The number of rotatable bonds is 33. The fourth-order valence-corrected chi connectivity index (χ4v) is 7.22. The predicted molar refractivity (Wildman–Crippen MR) is 236 cm³/mol. The molecule has 9 N–H and O–H groups in total. The molecule has 362 valence electrons. The second kappa shape index (κ2) is 30.7. The number of ether oxygens (including phenoxy) is 5. The highest BCUT2D eigenvalue weighted by atomic mass is 19.2. The van der Waals surface area contributed by atoms with Crippen molar-refractivity contribution in [1.82, 2.24) is 16.0 Å². The molecule has 0 heterocycles. The molecule has 3 amide bonds. The van der Waals surface area contributed by atoms with Gasteiger partial charge in [0.2, 0.25) is 23.5 Å². The number of nitrogens with zero attached hydrogens (tertiary/aromatic N) is 1. The van der Waals surface area contributed by atoms with Crippen molar-refractivity contribution in [3.63, 3.8) is 0 Å². The normalized spacial score (nSPS) is 15.6. The molecule has 0 spiro atoms. The van der Waals surface area contributed by atoms with Gasteiger partial charge in [0.05, 0.1) is 59.2 Å². The molecule has 2 aromatic rings. The fraction of sp³-hybridized carbons (Fsp3) is 0.600. The van der Waals surface area contributed by atoms with Gasteiger partial charge in [-0.15, -0.1) is 0 Å². The zero-order valence-corrected chi connectivity index (χ0v) is 37.2. The number of halogens is 2. The molecule has 1 aliphatic rings. The van der Waals surface area contributed by atoms with E-state index < -0.39 is 73.0 Å². The lowest BCUT2D eigenvalue weighted by atomic mass is 9.77. The quantitative estimate of drug-likeness (QED) is 0.0306. The van der Waals surface area contributed by atoms with Crippen LogP contribution in [-0.2, 0) is 42.9 Å². The number of carbonyl (C=O) groups is 5. The first-order chi connectivity index (χ1) is 31.3. The van der Waals surface area contributed by atoms with Crippen LogP contribution in [0.15, 0.2) is 41.4 Å². The van der Waals surface area contributed by atoms with Gasteiger partial charge in [0.15, 0.2) is 17.5 Å². The Bertz CT molecular complexity index is 1810. The van der Waals surface area contributed by atoms with Crippen molar-refractivity contribution >= 4 is 35.6 Å². The van der Waals surface area contributed by atoms with Gasteiger partial charge in [-0.1, -0.05) is 56.9 Å². The standard InChI is InChI=1S/C45H66F2N6O12/c1-2-3-4-6-30-8-10-31(11-9-30)32-12-14-33(15-13-32)34-16-17-37(42(47)41(34)46)65-26-25-63-22-21-61-19-20-62-23-24-64-29-39(55)52-35(7-5-18-50-45(48)49)43(58)51-28-38(54)53-36(44(59)60)27-40(56)57/h12-17,30-31,35-36H,2-11,18-29H2,1H3,(H,51,58)(H,52,55)(H,53,54)(H,56,57)(H,59,60)(H4,48,49,50)/t30?,31?,35-,36-/m0/s1. The number of aliphatic imine (C=N–C) groups is 1. The van der Waals surface area contributed by atoms with Gasteiger partial charge >= 0.3 is 11.9 Å². The number of carbonyl (C=O) groups excluding carboxylic acids is 3. The molecule has 2 aromatic carbocycles. The van der Waals surface area contributed by atoms with Crippen LogP contribution in [-0.4, -0.2) is 130 Å². The number of guanidine groups is 1. The topological polar surface area (TPSA) is 272 Å². The largest absolute Gasteiger partial charge is 0.488 e. The molecule has 20 heteroatoms. The minimum Gasteiger partial charge on any atom is -0.488 e. The molecule has 0 bridgehead atoms. The minimum atomic E-state index is -1.70. The summed E-state index contributed by atoms with van der Waals surface area (Å²) in [4.78, 5) is 63.3. The summed E-state index contributed by atoms with van der Waals surface area (Å²) in [6, 6.07) is 7.92. The Kier molecular flexibility index (Phi) is 25.4.